The average molecular weight is 410 g/mol. The van der Waals surface area contributed by atoms with Crippen LogP contribution in [0.15, 0.2) is 18.2 Å². The van der Waals surface area contributed by atoms with Crippen molar-refractivity contribution < 1.29 is 24.5 Å². The van der Waals surface area contributed by atoms with E-state index >= 15 is 0 Å². The van der Waals surface area contributed by atoms with Crippen LogP contribution in [0.3, 0.4) is 0 Å². The first kappa shape index (κ1) is 25.4. The van der Waals surface area contributed by atoms with E-state index < -0.39 is 24.0 Å². The number of benzene rings is 1. The predicted molar refractivity (Wildman–Crippen MR) is 115 cm³/mol. The molecule has 6 nitrogen and oxygen atoms in total. The Morgan fingerprint density at radius 1 is 1.17 bits per heavy atom. The van der Waals surface area contributed by atoms with E-state index in [-0.39, 0.29) is 12.3 Å². The fourth-order valence-corrected chi connectivity index (χ4v) is 3.35. The second-order valence-corrected chi connectivity index (χ2v) is 8.44. The first-order valence-electron chi connectivity index (χ1n) is 10.5. The summed E-state index contributed by atoms with van der Waals surface area (Å²) in [6, 6.07) is 5.83. The van der Waals surface area contributed by atoms with Crippen LogP contribution in [0.1, 0.15) is 51.2 Å². The number of ether oxygens (including phenoxy) is 2. The number of carbonyl (C=O) groups is 1. The van der Waals surface area contributed by atoms with Gasteiger partial charge in [-0.1, -0.05) is 32.9 Å². The van der Waals surface area contributed by atoms with Crippen LogP contribution in [0, 0.1) is 24.7 Å². The van der Waals surface area contributed by atoms with Gasteiger partial charge in [-0.15, -0.1) is 0 Å². The molecule has 0 aromatic heterocycles. The molecule has 4 atom stereocenters. The quantitative estimate of drug-likeness (QED) is 0.407. The van der Waals surface area contributed by atoms with E-state index in [1.165, 1.54) is 5.56 Å². The maximum absolute atomic E-state index is 11.0. The predicted octanol–water partition coefficient (Wildman–Crippen LogP) is 3.41. The normalized spacial score (nSPS) is 15.7. The lowest BCUT2D eigenvalue weighted by Gasteiger charge is -2.28. The summed E-state index contributed by atoms with van der Waals surface area (Å²) in [5.41, 5.74) is 8.50. The van der Waals surface area contributed by atoms with E-state index in [1.807, 2.05) is 6.92 Å². The van der Waals surface area contributed by atoms with Crippen molar-refractivity contribution in [3.05, 3.63) is 29.3 Å². The zero-order valence-corrected chi connectivity index (χ0v) is 18.6. The monoisotopic (exact) mass is 409 g/mol. The molecule has 0 saturated heterocycles. The molecule has 6 heteroatoms. The van der Waals surface area contributed by atoms with E-state index in [4.69, 9.17) is 20.3 Å². The molecule has 166 valence electrons. The van der Waals surface area contributed by atoms with Gasteiger partial charge in [0.2, 0.25) is 0 Å². The Balaban J connectivity index is 2.74. The van der Waals surface area contributed by atoms with Gasteiger partial charge in [-0.25, -0.2) is 0 Å². The van der Waals surface area contributed by atoms with E-state index in [9.17, 15) is 9.90 Å². The molecule has 0 radical (unpaired) electrons. The standard InChI is InChI=1S/C23H39NO5/c1-15(2)19(14-20(24)21(25)11-17(4)23(26)27)12-18-8-7-16(3)22(13-18)29-10-6-9-28-5/h7-8,13,15,17,19-21,25H,6,9-12,14,24H2,1-5H3,(H,26,27). The molecule has 0 aliphatic rings. The van der Waals surface area contributed by atoms with Gasteiger partial charge in [0.15, 0.2) is 0 Å². The molecule has 4 N–H and O–H groups in total. The summed E-state index contributed by atoms with van der Waals surface area (Å²) in [6.45, 7) is 9.23. The number of aliphatic carboxylic acids is 1. The van der Waals surface area contributed by atoms with Gasteiger partial charge in [0, 0.05) is 26.2 Å². The van der Waals surface area contributed by atoms with Crippen LogP contribution in [0.4, 0.5) is 0 Å². The molecule has 4 unspecified atom stereocenters. The molecular weight excluding hydrogens is 370 g/mol. The molecule has 1 rings (SSSR count). The van der Waals surface area contributed by atoms with Crippen LogP contribution >= 0.6 is 0 Å². The van der Waals surface area contributed by atoms with Crippen molar-refractivity contribution in [1.29, 1.82) is 0 Å². The smallest absolute Gasteiger partial charge is 0.306 e. The van der Waals surface area contributed by atoms with Crippen molar-refractivity contribution in [2.24, 2.45) is 23.5 Å². The number of carboxylic acids is 1. The topological polar surface area (TPSA) is 102 Å². The maximum Gasteiger partial charge on any atom is 0.306 e. The third kappa shape index (κ3) is 9.15. The number of hydrogen-bond donors (Lipinski definition) is 3. The number of aryl methyl sites for hydroxylation is 1. The Labute approximate surface area is 175 Å². The molecule has 0 aliphatic carbocycles. The molecule has 0 aliphatic heterocycles. The lowest BCUT2D eigenvalue weighted by atomic mass is 9.82. The van der Waals surface area contributed by atoms with Gasteiger partial charge in [-0.2, -0.15) is 0 Å². The molecule has 1 aromatic rings. The Hall–Kier alpha value is -1.63. The molecule has 1 aromatic carbocycles. The largest absolute Gasteiger partial charge is 0.493 e. The highest BCUT2D eigenvalue weighted by atomic mass is 16.5. The lowest BCUT2D eigenvalue weighted by Crippen LogP contribution is -2.39. The second-order valence-electron chi connectivity index (χ2n) is 8.44. The van der Waals surface area contributed by atoms with Crippen molar-refractivity contribution in [2.75, 3.05) is 20.3 Å². The molecule has 0 fully saturated rings. The number of aliphatic hydroxyl groups is 1. The van der Waals surface area contributed by atoms with Gasteiger partial charge >= 0.3 is 5.97 Å². The third-order valence-electron chi connectivity index (χ3n) is 5.53. The van der Waals surface area contributed by atoms with Crippen LogP contribution in [-0.2, 0) is 16.0 Å². The summed E-state index contributed by atoms with van der Waals surface area (Å²) in [6.07, 6.45) is 1.67. The Bertz CT molecular complexity index is 619. The van der Waals surface area contributed by atoms with Gasteiger partial charge in [-0.05, 0) is 55.2 Å². The fraction of sp³-hybridized carbons (Fsp3) is 0.696. The fourth-order valence-electron chi connectivity index (χ4n) is 3.35. The van der Waals surface area contributed by atoms with Gasteiger partial charge in [0.05, 0.1) is 18.6 Å². The van der Waals surface area contributed by atoms with Crippen molar-refractivity contribution in [3.63, 3.8) is 0 Å². The molecule has 0 bridgehead atoms. The summed E-state index contributed by atoms with van der Waals surface area (Å²) in [7, 11) is 1.68. The van der Waals surface area contributed by atoms with Crippen molar-refractivity contribution in [3.8, 4) is 5.75 Å². The third-order valence-corrected chi connectivity index (χ3v) is 5.53. The Kier molecular flexibility index (Phi) is 11.2. The van der Waals surface area contributed by atoms with Crippen molar-refractivity contribution in [1.82, 2.24) is 0 Å². The van der Waals surface area contributed by atoms with Gasteiger partial charge < -0.3 is 25.4 Å². The highest BCUT2D eigenvalue weighted by Gasteiger charge is 2.25. The SMILES string of the molecule is COCCCOc1cc(CC(CC(N)C(O)CC(C)C(=O)O)C(C)C)ccc1C. The summed E-state index contributed by atoms with van der Waals surface area (Å²) >= 11 is 0. The highest BCUT2D eigenvalue weighted by Crippen LogP contribution is 2.27. The first-order chi connectivity index (χ1) is 13.6. The Morgan fingerprint density at radius 2 is 1.86 bits per heavy atom. The van der Waals surface area contributed by atoms with Crippen LogP contribution in [0.5, 0.6) is 5.75 Å². The van der Waals surface area contributed by atoms with E-state index in [0.717, 1.165) is 24.2 Å². The van der Waals surface area contributed by atoms with E-state index in [0.29, 0.717) is 25.6 Å². The van der Waals surface area contributed by atoms with Crippen molar-refractivity contribution in [2.45, 2.75) is 65.5 Å². The van der Waals surface area contributed by atoms with Gasteiger partial charge in [0.25, 0.3) is 0 Å². The second kappa shape index (κ2) is 12.8. The first-order valence-corrected chi connectivity index (χ1v) is 10.5. The molecule has 29 heavy (non-hydrogen) atoms. The summed E-state index contributed by atoms with van der Waals surface area (Å²) in [5.74, 6) is 0.0416. The molecule has 0 spiro atoms. The molecule has 0 amide bonds. The number of methoxy groups -OCH3 is 1. The minimum Gasteiger partial charge on any atom is -0.493 e. The molecule has 0 saturated carbocycles. The number of nitrogens with two attached hydrogens (primary N) is 1. The van der Waals surface area contributed by atoms with E-state index in [2.05, 4.69) is 32.0 Å². The summed E-state index contributed by atoms with van der Waals surface area (Å²) in [4.78, 5) is 11.0. The zero-order chi connectivity index (χ0) is 22.0. The zero-order valence-electron chi connectivity index (χ0n) is 18.6. The average Bonchev–Trinajstić information content (AvgIpc) is 2.66. The lowest BCUT2D eigenvalue weighted by molar-refractivity contribution is -0.142. The minimum absolute atomic E-state index is 0.172. The Morgan fingerprint density at radius 3 is 2.45 bits per heavy atom. The van der Waals surface area contributed by atoms with E-state index in [1.54, 1.807) is 14.0 Å². The highest BCUT2D eigenvalue weighted by molar-refractivity contribution is 5.69. The minimum atomic E-state index is -0.908. The molecule has 0 heterocycles. The number of carboxylic acid groups (broad SMARTS) is 1. The van der Waals surface area contributed by atoms with Crippen LogP contribution in [-0.4, -0.2) is 48.7 Å². The maximum atomic E-state index is 11.0. The van der Waals surface area contributed by atoms with Gasteiger partial charge in [-0.3, -0.25) is 4.79 Å². The van der Waals surface area contributed by atoms with Crippen LogP contribution in [0.25, 0.3) is 0 Å². The molecular formula is C23H39NO5. The van der Waals surface area contributed by atoms with Crippen LogP contribution < -0.4 is 10.5 Å². The van der Waals surface area contributed by atoms with Crippen LogP contribution in [0.2, 0.25) is 0 Å². The van der Waals surface area contributed by atoms with Crippen molar-refractivity contribution >= 4 is 5.97 Å². The summed E-state index contributed by atoms with van der Waals surface area (Å²) < 4.78 is 11.0. The number of rotatable bonds is 14. The number of aliphatic hydroxyl groups excluding tert-OH is 1. The summed E-state index contributed by atoms with van der Waals surface area (Å²) in [5, 5.41) is 19.4. The van der Waals surface area contributed by atoms with Gasteiger partial charge in [0.1, 0.15) is 5.75 Å². The number of hydrogen-bond acceptors (Lipinski definition) is 5.